The number of imidazole rings is 1. The van der Waals surface area contributed by atoms with Crippen molar-refractivity contribution in [3.8, 4) is 17.5 Å². The maximum absolute atomic E-state index is 14.0. The van der Waals surface area contributed by atoms with Gasteiger partial charge in [0, 0.05) is 18.9 Å². The van der Waals surface area contributed by atoms with E-state index in [4.69, 9.17) is 5.26 Å². The van der Waals surface area contributed by atoms with Gasteiger partial charge in [-0.3, -0.25) is 0 Å². The highest BCUT2D eigenvalue weighted by Crippen LogP contribution is 2.25. The van der Waals surface area contributed by atoms with Crippen molar-refractivity contribution in [2.75, 3.05) is 0 Å². The maximum Gasteiger partial charge on any atom is 0.195 e. The highest BCUT2D eigenvalue weighted by molar-refractivity contribution is 5.57. The van der Waals surface area contributed by atoms with Gasteiger partial charge in [0.05, 0.1) is 17.2 Å². The zero-order valence-corrected chi connectivity index (χ0v) is 11.8. The number of rotatable bonds is 3. The molecule has 114 valence electrons. The molecule has 0 aliphatic heterocycles. The van der Waals surface area contributed by atoms with Crippen LogP contribution in [0.25, 0.3) is 11.4 Å². The number of hydrogen-bond donors (Lipinski definition) is 0. The van der Waals surface area contributed by atoms with E-state index in [9.17, 15) is 13.2 Å². The minimum atomic E-state index is -1.52. The molecule has 0 radical (unpaired) electrons. The average molecular weight is 313 g/mol. The Kier molecular flexibility index (Phi) is 3.85. The maximum atomic E-state index is 14.0. The quantitative estimate of drug-likeness (QED) is 0.688. The van der Waals surface area contributed by atoms with Crippen LogP contribution in [0.1, 0.15) is 11.1 Å². The lowest BCUT2D eigenvalue weighted by atomic mass is 10.1. The van der Waals surface area contributed by atoms with Crippen molar-refractivity contribution in [3.63, 3.8) is 0 Å². The molecule has 2 aromatic carbocycles. The lowest BCUT2D eigenvalue weighted by Gasteiger charge is -2.09. The second kappa shape index (κ2) is 5.97. The monoisotopic (exact) mass is 313 g/mol. The first kappa shape index (κ1) is 14.9. The van der Waals surface area contributed by atoms with E-state index in [0.29, 0.717) is 12.1 Å². The molecule has 0 saturated heterocycles. The first-order valence-electron chi connectivity index (χ1n) is 6.74. The van der Waals surface area contributed by atoms with E-state index in [1.807, 2.05) is 12.1 Å². The molecule has 0 aliphatic carbocycles. The normalized spacial score (nSPS) is 10.5. The van der Waals surface area contributed by atoms with Crippen molar-refractivity contribution in [1.29, 1.82) is 5.26 Å². The van der Waals surface area contributed by atoms with Crippen LogP contribution in [0.3, 0.4) is 0 Å². The van der Waals surface area contributed by atoms with Gasteiger partial charge in [0.25, 0.3) is 0 Å². The molecular weight excluding hydrogens is 303 g/mol. The largest absolute Gasteiger partial charge is 0.326 e. The van der Waals surface area contributed by atoms with Crippen LogP contribution in [-0.2, 0) is 6.54 Å². The Morgan fingerprint density at radius 3 is 2.70 bits per heavy atom. The Morgan fingerprint density at radius 2 is 1.91 bits per heavy atom. The summed E-state index contributed by atoms with van der Waals surface area (Å²) < 4.78 is 42.0. The topological polar surface area (TPSA) is 41.6 Å². The Labute approximate surface area is 130 Å². The zero-order valence-electron chi connectivity index (χ0n) is 11.8. The molecule has 0 atom stereocenters. The predicted octanol–water partition coefficient (Wildman–Crippen LogP) is 3.89. The van der Waals surface area contributed by atoms with E-state index in [1.54, 1.807) is 29.0 Å². The van der Waals surface area contributed by atoms with E-state index >= 15 is 0 Å². The molecule has 6 heteroatoms. The van der Waals surface area contributed by atoms with Crippen LogP contribution in [0.5, 0.6) is 0 Å². The lowest BCUT2D eigenvalue weighted by Crippen LogP contribution is -2.04. The lowest BCUT2D eigenvalue weighted by molar-refractivity contribution is 0.448. The number of hydrogen-bond acceptors (Lipinski definition) is 2. The van der Waals surface area contributed by atoms with Gasteiger partial charge in [-0.15, -0.1) is 0 Å². The van der Waals surface area contributed by atoms with E-state index in [-0.39, 0.29) is 11.4 Å². The van der Waals surface area contributed by atoms with Gasteiger partial charge in [0.2, 0.25) is 0 Å². The van der Waals surface area contributed by atoms with Crippen molar-refractivity contribution < 1.29 is 13.2 Å². The molecule has 1 aromatic heterocycles. The second-order valence-electron chi connectivity index (χ2n) is 4.91. The fourth-order valence-corrected chi connectivity index (χ4v) is 2.32. The summed E-state index contributed by atoms with van der Waals surface area (Å²) in [6.45, 7) is 0.323. The Bertz CT molecular complexity index is 910. The molecule has 23 heavy (non-hydrogen) atoms. The van der Waals surface area contributed by atoms with Gasteiger partial charge in [-0.2, -0.15) is 5.26 Å². The van der Waals surface area contributed by atoms with E-state index < -0.39 is 17.5 Å². The van der Waals surface area contributed by atoms with Gasteiger partial charge in [-0.05, 0) is 29.8 Å². The number of halogens is 3. The molecule has 0 spiro atoms. The fourth-order valence-electron chi connectivity index (χ4n) is 2.32. The Balaban J connectivity index is 2.00. The summed E-state index contributed by atoms with van der Waals surface area (Å²) in [6.07, 6.45) is 3.05. The van der Waals surface area contributed by atoms with Gasteiger partial charge in [-0.25, -0.2) is 18.2 Å². The van der Waals surface area contributed by atoms with Gasteiger partial charge in [0.1, 0.15) is 5.82 Å². The molecule has 3 aromatic rings. The van der Waals surface area contributed by atoms with Crippen LogP contribution in [-0.4, -0.2) is 9.55 Å². The van der Waals surface area contributed by atoms with Crippen LogP contribution < -0.4 is 0 Å². The summed E-state index contributed by atoms with van der Waals surface area (Å²) >= 11 is 0. The molecule has 0 amide bonds. The molecule has 3 nitrogen and oxygen atoms in total. The number of nitrogens with zero attached hydrogens (tertiary/aromatic N) is 3. The summed E-state index contributed by atoms with van der Waals surface area (Å²) in [6, 6.07) is 11.0. The van der Waals surface area contributed by atoms with Gasteiger partial charge < -0.3 is 4.57 Å². The van der Waals surface area contributed by atoms with Gasteiger partial charge in [-0.1, -0.05) is 12.1 Å². The van der Waals surface area contributed by atoms with Crippen LogP contribution in [0.4, 0.5) is 13.2 Å². The standard InChI is InChI=1S/C17H10F3N3/c18-14-5-4-13(15(19)16(14)20)17-22-6-7-23(17)10-12-3-1-2-11(8-12)9-21/h1-8H,10H2. The third-order valence-electron chi connectivity index (χ3n) is 3.40. The van der Waals surface area contributed by atoms with Crippen LogP contribution >= 0.6 is 0 Å². The summed E-state index contributed by atoms with van der Waals surface area (Å²) in [4.78, 5) is 4.03. The average Bonchev–Trinajstić information content (AvgIpc) is 3.01. The van der Waals surface area contributed by atoms with Gasteiger partial charge >= 0.3 is 0 Å². The molecule has 0 N–H and O–H groups in total. The number of benzene rings is 2. The molecular formula is C17H10F3N3. The molecule has 3 rings (SSSR count). The number of nitriles is 1. The molecule has 0 unspecified atom stereocenters. The van der Waals surface area contributed by atoms with Crippen molar-refractivity contribution >= 4 is 0 Å². The van der Waals surface area contributed by atoms with Crippen molar-refractivity contribution in [2.24, 2.45) is 0 Å². The zero-order chi connectivity index (χ0) is 16.4. The summed E-state index contributed by atoms with van der Waals surface area (Å²) in [5.74, 6) is -3.86. The SMILES string of the molecule is N#Cc1cccc(Cn2ccnc2-c2ccc(F)c(F)c2F)c1. The van der Waals surface area contributed by atoms with Crippen LogP contribution in [0.15, 0.2) is 48.8 Å². The first-order chi connectivity index (χ1) is 11.1. The fraction of sp³-hybridized carbons (Fsp3) is 0.0588. The minimum absolute atomic E-state index is 0.120. The molecule has 0 aliphatic rings. The highest BCUT2D eigenvalue weighted by Gasteiger charge is 2.18. The first-order valence-corrected chi connectivity index (χ1v) is 6.74. The van der Waals surface area contributed by atoms with Crippen LogP contribution in [0, 0.1) is 28.8 Å². The summed E-state index contributed by atoms with van der Waals surface area (Å²) in [5, 5.41) is 8.92. The predicted molar refractivity (Wildman–Crippen MR) is 77.8 cm³/mol. The van der Waals surface area contributed by atoms with E-state index in [1.165, 1.54) is 6.20 Å². The Morgan fingerprint density at radius 1 is 1.09 bits per heavy atom. The third kappa shape index (κ3) is 2.81. The van der Waals surface area contributed by atoms with Crippen molar-refractivity contribution in [1.82, 2.24) is 9.55 Å². The molecule has 0 saturated carbocycles. The summed E-state index contributed by atoms with van der Waals surface area (Å²) in [5.41, 5.74) is 1.19. The second-order valence-corrected chi connectivity index (χ2v) is 4.91. The number of aromatic nitrogens is 2. The van der Waals surface area contributed by atoms with Gasteiger partial charge in [0.15, 0.2) is 17.5 Å². The van der Waals surface area contributed by atoms with Crippen LogP contribution in [0.2, 0.25) is 0 Å². The molecule has 0 fully saturated rings. The smallest absolute Gasteiger partial charge is 0.195 e. The summed E-state index contributed by atoms with van der Waals surface area (Å²) in [7, 11) is 0. The van der Waals surface area contributed by atoms with Crippen molar-refractivity contribution in [2.45, 2.75) is 6.54 Å². The third-order valence-corrected chi connectivity index (χ3v) is 3.40. The van der Waals surface area contributed by atoms with E-state index in [0.717, 1.165) is 17.7 Å². The Hall–Kier alpha value is -3.07. The minimum Gasteiger partial charge on any atom is -0.326 e. The molecule has 1 heterocycles. The molecule has 0 bridgehead atoms. The van der Waals surface area contributed by atoms with Crippen molar-refractivity contribution in [3.05, 3.63) is 77.4 Å². The highest BCUT2D eigenvalue weighted by atomic mass is 19.2. The van der Waals surface area contributed by atoms with E-state index in [2.05, 4.69) is 4.98 Å².